The number of carbonyl (C=O) groups excluding carboxylic acids is 2. The van der Waals surface area contributed by atoms with Gasteiger partial charge in [-0.15, -0.1) is 0 Å². The van der Waals surface area contributed by atoms with Crippen LogP contribution >= 0.6 is 23.2 Å². The summed E-state index contributed by atoms with van der Waals surface area (Å²) in [5.41, 5.74) is 3.61. The Kier molecular flexibility index (Phi) is 6.14. The van der Waals surface area contributed by atoms with Gasteiger partial charge in [-0.25, -0.2) is 5.43 Å². The molecule has 2 aromatic carbocycles. The third kappa shape index (κ3) is 5.39. The Morgan fingerprint density at radius 2 is 1.70 bits per heavy atom. The Hall–Kier alpha value is -2.37. The van der Waals surface area contributed by atoms with Gasteiger partial charge in [0.15, 0.2) is 0 Å². The van der Waals surface area contributed by atoms with Crippen molar-refractivity contribution in [3.8, 4) is 0 Å². The molecule has 0 atom stereocenters. The van der Waals surface area contributed by atoms with Crippen molar-refractivity contribution in [1.29, 1.82) is 0 Å². The lowest BCUT2D eigenvalue weighted by molar-refractivity contribution is -0.139. The van der Waals surface area contributed by atoms with Crippen molar-refractivity contribution in [2.45, 2.75) is 6.54 Å². The zero-order chi connectivity index (χ0) is 16.7. The summed E-state index contributed by atoms with van der Waals surface area (Å²) >= 11 is 11.7. The SMILES string of the molecule is O=C(NCc1ccc(Cl)cc1)C(=O)NN=Cc1ccccc1Cl. The van der Waals surface area contributed by atoms with Gasteiger partial charge < -0.3 is 5.32 Å². The summed E-state index contributed by atoms with van der Waals surface area (Å²) in [6.45, 7) is 0.220. The molecule has 2 N–H and O–H groups in total. The van der Waals surface area contributed by atoms with Crippen LogP contribution in [0.1, 0.15) is 11.1 Å². The lowest BCUT2D eigenvalue weighted by Gasteiger charge is -2.04. The predicted octanol–water partition coefficient (Wildman–Crippen LogP) is 2.76. The van der Waals surface area contributed by atoms with Crippen LogP contribution in [-0.2, 0) is 16.1 Å². The molecule has 0 unspecified atom stereocenters. The van der Waals surface area contributed by atoms with E-state index in [4.69, 9.17) is 23.2 Å². The van der Waals surface area contributed by atoms with Crippen molar-refractivity contribution in [2.24, 2.45) is 5.10 Å². The highest BCUT2D eigenvalue weighted by Gasteiger charge is 2.11. The van der Waals surface area contributed by atoms with E-state index in [1.807, 2.05) is 0 Å². The Morgan fingerprint density at radius 3 is 2.39 bits per heavy atom. The number of hydrogen-bond acceptors (Lipinski definition) is 3. The molecule has 7 heteroatoms. The maximum atomic E-state index is 11.6. The molecule has 0 aliphatic heterocycles. The number of hydrazone groups is 1. The van der Waals surface area contributed by atoms with Crippen molar-refractivity contribution in [2.75, 3.05) is 0 Å². The van der Waals surface area contributed by atoms with E-state index in [0.717, 1.165) is 5.56 Å². The third-order valence-electron chi connectivity index (χ3n) is 2.85. The maximum absolute atomic E-state index is 11.6. The first-order chi connectivity index (χ1) is 11.1. The lowest BCUT2D eigenvalue weighted by Crippen LogP contribution is -2.37. The van der Waals surface area contributed by atoms with E-state index < -0.39 is 11.8 Å². The van der Waals surface area contributed by atoms with Crippen LogP contribution in [0, 0.1) is 0 Å². The molecule has 0 fully saturated rings. The minimum absolute atomic E-state index is 0.220. The molecular weight excluding hydrogens is 337 g/mol. The monoisotopic (exact) mass is 349 g/mol. The number of nitrogens with one attached hydrogen (secondary N) is 2. The molecular formula is C16H13Cl2N3O2. The normalized spacial score (nSPS) is 10.5. The Morgan fingerprint density at radius 1 is 1.00 bits per heavy atom. The van der Waals surface area contributed by atoms with Gasteiger partial charge in [-0.1, -0.05) is 53.5 Å². The number of hydrogen-bond donors (Lipinski definition) is 2. The van der Waals surface area contributed by atoms with Gasteiger partial charge in [-0.2, -0.15) is 5.10 Å². The van der Waals surface area contributed by atoms with E-state index in [-0.39, 0.29) is 6.54 Å². The van der Waals surface area contributed by atoms with Gasteiger partial charge in [0, 0.05) is 22.2 Å². The van der Waals surface area contributed by atoms with Crippen molar-refractivity contribution >= 4 is 41.2 Å². The summed E-state index contributed by atoms with van der Waals surface area (Å²) in [4.78, 5) is 23.2. The first-order valence-electron chi connectivity index (χ1n) is 6.66. The summed E-state index contributed by atoms with van der Waals surface area (Å²) in [5.74, 6) is -1.64. The molecule has 0 aliphatic carbocycles. The molecule has 0 saturated heterocycles. The maximum Gasteiger partial charge on any atom is 0.329 e. The minimum atomic E-state index is -0.859. The van der Waals surface area contributed by atoms with Gasteiger partial charge in [-0.3, -0.25) is 9.59 Å². The second-order valence-electron chi connectivity index (χ2n) is 4.53. The van der Waals surface area contributed by atoms with E-state index in [2.05, 4.69) is 15.8 Å². The van der Waals surface area contributed by atoms with Gasteiger partial charge in [0.05, 0.1) is 6.21 Å². The molecule has 0 saturated carbocycles. The van der Waals surface area contributed by atoms with Crippen molar-refractivity contribution in [3.05, 3.63) is 69.7 Å². The van der Waals surface area contributed by atoms with Crippen LogP contribution < -0.4 is 10.7 Å². The van der Waals surface area contributed by atoms with E-state index in [1.165, 1.54) is 6.21 Å². The molecule has 23 heavy (non-hydrogen) atoms. The number of halogens is 2. The van der Waals surface area contributed by atoms with Crippen LogP contribution in [0.5, 0.6) is 0 Å². The summed E-state index contributed by atoms with van der Waals surface area (Å²) in [5, 5.41) is 7.29. The summed E-state index contributed by atoms with van der Waals surface area (Å²) in [6.07, 6.45) is 1.37. The van der Waals surface area contributed by atoms with Crippen molar-refractivity contribution < 1.29 is 9.59 Å². The standard InChI is InChI=1S/C16H13Cl2N3O2/c17-13-7-5-11(6-8-13)9-19-15(22)16(23)21-20-10-12-3-1-2-4-14(12)18/h1-8,10H,9H2,(H,19,22)(H,21,23). The number of carbonyl (C=O) groups is 2. The molecule has 0 radical (unpaired) electrons. The smallest absolute Gasteiger partial charge is 0.329 e. The Labute approximate surface area is 143 Å². The molecule has 5 nitrogen and oxygen atoms in total. The predicted molar refractivity (Wildman–Crippen MR) is 90.5 cm³/mol. The number of benzene rings is 2. The van der Waals surface area contributed by atoms with Gasteiger partial charge in [0.2, 0.25) is 0 Å². The molecule has 2 rings (SSSR count). The third-order valence-corrected chi connectivity index (χ3v) is 3.44. The molecule has 0 aliphatic rings. The summed E-state index contributed by atoms with van der Waals surface area (Å²) in [7, 11) is 0. The van der Waals surface area contributed by atoms with E-state index in [1.54, 1.807) is 48.5 Å². The zero-order valence-corrected chi connectivity index (χ0v) is 13.4. The Bertz CT molecular complexity index is 730. The van der Waals surface area contributed by atoms with Crippen LogP contribution in [0.3, 0.4) is 0 Å². The lowest BCUT2D eigenvalue weighted by atomic mass is 10.2. The van der Waals surface area contributed by atoms with Crippen LogP contribution in [-0.4, -0.2) is 18.0 Å². The molecule has 0 spiro atoms. The number of rotatable bonds is 4. The topological polar surface area (TPSA) is 70.6 Å². The fraction of sp³-hybridized carbons (Fsp3) is 0.0625. The number of nitrogens with zero attached hydrogens (tertiary/aromatic N) is 1. The minimum Gasteiger partial charge on any atom is -0.344 e. The average molecular weight is 350 g/mol. The summed E-state index contributed by atoms with van der Waals surface area (Å²) in [6, 6.07) is 13.9. The fourth-order valence-corrected chi connectivity index (χ4v) is 1.97. The quantitative estimate of drug-likeness (QED) is 0.506. The number of amides is 2. The average Bonchev–Trinajstić information content (AvgIpc) is 2.55. The highest BCUT2D eigenvalue weighted by molar-refractivity contribution is 6.35. The van der Waals surface area contributed by atoms with Crippen molar-refractivity contribution in [3.63, 3.8) is 0 Å². The molecule has 118 valence electrons. The van der Waals surface area contributed by atoms with Crippen LogP contribution in [0.2, 0.25) is 10.0 Å². The second-order valence-corrected chi connectivity index (χ2v) is 5.37. The largest absolute Gasteiger partial charge is 0.344 e. The fourth-order valence-electron chi connectivity index (χ4n) is 1.66. The molecule has 2 aromatic rings. The van der Waals surface area contributed by atoms with Crippen LogP contribution in [0.4, 0.5) is 0 Å². The van der Waals surface area contributed by atoms with Gasteiger partial charge in [-0.05, 0) is 23.8 Å². The van der Waals surface area contributed by atoms with Crippen LogP contribution in [0.15, 0.2) is 53.6 Å². The van der Waals surface area contributed by atoms with Gasteiger partial charge in [0.25, 0.3) is 0 Å². The first-order valence-corrected chi connectivity index (χ1v) is 7.42. The molecule has 0 bridgehead atoms. The highest BCUT2D eigenvalue weighted by atomic mass is 35.5. The second kappa shape index (κ2) is 8.31. The molecule has 0 aromatic heterocycles. The molecule has 2 amide bonds. The van der Waals surface area contributed by atoms with E-state index >= 15 is 0 Å². The highest BCUT2D eigenvalue weighted by Crippen LogP contribution is 2.12. The van der Waals surface area contributed by atoms with E-state index in [9.17, 15) is 9.59 Å². The van der Waals surface area contributed by atoms with Crippen molar-refractivity contribution in [1.82, 2.24) is 10.7 Å². The first kappa shape index (κ1) is 17.0. The Balaban J connectivity index is 1.82. The zero-order valence-electron chi connectivity index (χ0n) is 11.9. The summed E-state index contributed by atoms with van der Waals surface area (Å²) < 4.78 is 0. The van der Waals surface area contributed by atoms with Gasteiger partial charge >= 0.3 is 11.8 Å². The molecule has 0 heterocycles. The van der Waals surface area contributed by atoms with Crippen LogP contribution in [0.25, 0.3) is 0 Å². The van der Waals surface area contributed by atoms with Gasteiger partial charge in [0.1, 0.15) is 0 Å². The van der Waals surface area contributed by atoms with E-state index in [0.29, 0.717) is 15.6 Å².